The fraction of sp³-hybridized carbons (Fsp3) is 0.429. The van der Waals surface area contributed by atoms with Gasteiger partial charge in [-0.25, -0.2) is 4.39 Å². The summed E-state index contributed by atoms with van der Waals surface area (Å²) in [5.74, 6) is 2.29. The molecule has 1 unspecified atom stereocenters. The summed E-state index contributed by atoms with van der Waals surface area (Å²) in [5.41, 5.74) is 0.651. The van der Waals surface area contributed by atoms with Gasteiger partial charge >= 0.3 is 0 Å². The third-order valence-electron chi connectivity index (χ3n) is 2.78. The molecule has 0 amide bonds. The molecule has 92 valence electrons. The molecule has 17 heavy (non-hydrogen) atoms. The first kappa shape index (κ1) is 14.0. The maximum absolute atomic E-state index is 13.7. The molecule has 0 aliphatic rings. The molecule has 1 aromatic rings. The minimum atomic E-state index is -0.314. The van der Waals surface area contributed by atoms with Gasteiger partial charge in [0, 0.05) is 12.5 Å². The van der Waals surface area contributed by atoms with E-state index in [2.05, 4.69) is 11.2 Å². The second kappa shape index (κ2) is 7.32. The lowest BCUT2D eigenvalue weighted by atomic mass is 10.0. The second-order valence-electron chi connectivity index (χ2n) is 4.00. The Morgan fingerprint density at radius 1 is 1.53 bits per heavy atom. The summed E-state index contributed by atoms with van der Waals surface area (Å²) >= 11 is 5.75. The summed E-state index contributed by atoms with van der Waals surface area (Å²) in [5, 5.41) is 3.36. The van der Waals surface area contributed by atoms with Crippen LogP contribution in [0, 0.1) is 18.2 Å². The zero-order chi connectivity index (χ0) is 12.7. The van der Waals surface area contributed by atoms with Crippen LogP contribution in [0.1, 0.15) is 24.8 Å². The van der Waals surface area contributed by atoms with E-state index in [0.29, 0.717) is 12.0 Å². The minimum Gasteiger partial charge on any atom is -0.317 e. The number of terminal acetylenes is 1. The van der Waals surface area contributed by atoms with Crippen molar-refractivity contribution in [3.05, 3.63) is 34.6 Å². The Hall–Kier alpha value is -1.04. The van der Waals surface area contributed by atoms with Crippen LogP contribution in [-0.2, 0) is 6.42 Å². The monoisotopic (exact) mass is 253 g/mol. The average molecular weight is 254 g/mol. The summed E-state index contributed by atoms with van der Waals surface area (Å²) in [6, 6.07) is 5.34. The number of hydrogen-bond acceptors (Lipinski definition) is 1. The molecule has 1 aromatic carbocycles. The lowest BCUT2D eigenvalue weighted by Crippen LogP contribution is -2.27. The lowest BCUT2D eigenvalue weighted by Gasteiger charge is -2.16. The van der Waals surface area contributed by atoms with Crippen LogP contribution in [0.4, 0.5) is 4.39 Å². The summed E-state index contributed by atoms with van der Waals surface area (Å²) < 4.78 is 13.7. The van der Waals surface area contributed by atoms with Crippen molar-refractivity contribution in [3.8, 4) is 12.3 Å². The molecule has 0 heterocycles. The zero-order valence-electron chi connectivity index (χ0n) is 9.97. The van der Waals surface area contributed by atoms with E-state index in [1.54, 1.807) is 18.2 Å². The topological polar surface area (TPSA) is 12.0 Å². The van der Waals surface area contributed by atoms with Gasteiger partial charge in [-0.3, -0.25) is 0 Å². The van der Waals surface area contributed by atoms with E-state index < -0.39 is 0 Å². The van der Waals surface area contributed by atoms with Crippen molar-refractivity contribution in [2.24, 2.45) is 0 Å². The Bertz CT molecular complexity index is 398. The van der Waals surface area contributed by atoms with Gasteiger partial charge in [0.2, 0.25) is 0 Å². The second-order valence-corrected chi connectivity index (χ2v) is 4.41. The van der Waals surface area contributed by atoms with Crippen LogP contribution >= 0.6 is 11.6 Å². The van der Waals surface area contributed by atoms with Crippen LogP contribution < -0.4 is 5.32 Å². The molecule has 1 nitrogen and oxygen atoms in total. The summed E-state index contributed by atoms with van der Waals surface area (Å²) in [7, 11) is 1.88. The van der Waals surface area contributed by atoms with Crippen LogP contribution in [0.2, 0.25) is 5.02 Å². The van der Waals surface area contributed by atoms with Crippen LogP contribution in [0.5, 0.6) is 0 Å². The molecule has 1 N–H and O–H groups in total. The van der Waals surface area contributed by atoms with E-state index in [1.807, 2.05) is 7.05 Å². The van der Waals surface area contributed by atoms with Crippen molar-refractivity contribution >= 4 is 11.6 Å². The highest BCUT2D eigenvalue weighted by atomic mass is 35.5. The molecule has 0 saturated heterocycles. The Morgan fingerprint density at radius 3 is 2.94 bits per heavy atom. The Balaban J connectivity index is 2.61. The molecular weight excluding hydrogens is 237 g/mol. The first-order valence-electron chi connectivity index (χ1n) is 5.72. The van der Waals surface area contributed by atoms with Crippen LogP contribution in [0.15, 0.2) is 18.2 Å². The van der Waals surface area contributed by atoms with E-state index in [9.17, 15) is 4.39 Å². The first-order chi connectivity index (χ1) is 8.19. The standard InChI is InChI=1S/C14H17ClFN/c1-3-4-5-8-12(17-2)10-11-7-6-9-13(15)14(11)16/h1,6-7,9,12,17H,4-5,8,10H2,2H3. The van der Waals surface area contributed by atoms with Crippen LogP contribution in [0.3, 0.4) is 0 Å². The quantitative estimate of drug-likeness (QED) is 0.605. The molecule has 0 radical (unpaired) electrons. The van der Waals surface area contributed by atoms with Gasteiger partial charge in [-0.15, -0.1) is 12.3 Å². The Morgan fingerprint density at radius 2 is 2.29 bits per heavy atom. The number of likely N-dealkylation sites (N-methyl/N-ethyl adjacent to an activating group) is 1. The van der Waals surface area contributed by atoms with Gasteiger partial charge in [-0.05, 0) is 37.9 Å². The van der Waals surface area contributed by atoms with Crippen LogP contribution in [-0.4, -0.2) is 13.1 Å². The lowest BCUT2D eigenvalue weighted by molar-refractivity contribution is 0.493. The predicted octanol–water partition coefficient (Wildman–Crippen LogP) is 3.41. The number of benzene rings is 1. The molecule has 0 spiro atoms. The van der Waals surface area contributed by atoms with E-state index >= 15 is 0 Å². The molecule has 0 fully saturated rings. The average Bonchev–Trinajstić information content (AvgIpc) is 2.33. The third-order valence-corrected chi connectivity index (χ3v) is 3.07. The molecule has 1 rings (SSSR count). The fourth-order valence-electron chi connectivity index (χ4n) is 1.77. The van der Waals surface area contributed by atoms with E-state index in [1.165, 1.54) is 0 Å². The maximum atomic E-state index is 13.7. The number of rotatable bonds is 6. The van der Waals surface area contributed by atoms with Gasteiger partial charge in [0.25, 0.3) is 0 Å². The Kier molecular flexibility index (Phi) is 6.04. The molecule has 0 aliphatic heterocycles. The number of halogens is 2. The van der Waals surface area contributed by atoms with Gasteiger partial charge in [-0.1, -0.05) is 23.7 Å². The SMILES string of the molecule is C#CCCCC(Cc1cccc(Cl)c1F)NC. The molecule has 0 saturated carbocycles. The molecule has 0 aromatic heterocycles. The highest BCUT2D eigenvalue weighted by Gasteiger charge is 2.12. The van der Waals surface area contributed by atoms with Crippen LogP contribution in [0.25, 0.3) is 0 Å². The molecule has 0 aliphatic carbocycles. The van der Waals surface area contributed by atoms with E-state index in [-0.39, 0.29) is 16.9 Å². The van der Waals surface area contributed by atoms with Crippen molar-refractivity contribution in [1.82, 2.24) is 5.32 Å². The highest BCUT2D eigenvalue weighted by Crippen LogP contribution is 2.20. The number of hydrogen-bond donors (Lipinski definition) is 1. The summed E-state index contributed by atoms with van der Waals surface area (Å²) in [4.78, 5) is 0. The van der Waals surface area contributed by atoms with Gasteiger partial charge in [0.1, 0.15) is 5.82 Å². The van der Waals surface area contributed by atoms with Crippen molar-refractivity contribution in [2.45, 2.75) is 31.7 Å². The van der Waals surface area contributed by atoms with Gasteiger partial charge < -0.3 is 5.32 Å². The van der Waals surface area contributed by atoms with Crippen molar-refractivity contribution in [2.75, 3.05) is 7.05 Å². The number of nitrogens with one attached hydrogen (secondary N) is 1. The van der Waals surface area contributed by atoms with Crippen molar-refractivity contribution in [1.29, 1.82) is 0 Å². The van der Waals surface area contributed by atoms with Gasteiger partial charge in [0.05, 0.1) is 5.02 Å². The predicted molar refractivity (Wildman–Crippen MR) is 70.6 cm³/mol. The van der Waals surface area contributed by atoms with Gasteiger partial charge in [0.15, 0.2) is 0 Å². The first-order valence-corrected chi connectivity index (χ1v) is 6.10. The fourth-order valence-corrected chi connectivity index (χ4v) is 1.96. The molecule has 3 heteroatoms. The summed E-state index contributed by atoms with van der Waals surface area (Å²) in [6.07, 6.45) is 8.48. The normalized spacial score (nSPS) is 12.1. The van der Waals surface area contributed by atoms with Crippen molar-refractivity contribution in [3.63, 3.8) is 0 Å². The third kappa shape index (κ3) is 4.38. The Labute approximate surface area is 107 Å². The molecular formula is C14H17ClFN. The van der Waals surface area contributed by atoms with E-state index in [0.717, 1.165) is 19.3 Å². The number of unbranched alkanes of at least 4 members (excludes halogenated alkanes) is 1. The van der Waals surface area contributed by atoms with Crippen molar-refractivity contribution < 1.29 is 4.39 Å². The smallest absolute Gasteiger partial charge is 0.145 e. The van der Waals surface area contributed by atoms with Gasteiger partial charge in [-0.2, -0.15) is 0 Å². The minimum absolute atomic E-state index is 0.181. The largest absolute Gasteiger partial charge is 0.317 e. The highest BCUT2D eigenvalue weighted by molar-refractivity contribution is 6.30. The van der Waals surface area contributed by atoms with E-state index in [4.69, 9.17) is 18.0 Å². The summed E-state index contributed by atoms with van der Waals surface area (Å²) in [6.45, 7) is 0. The zero-order valence-corrected chi connectivity index (χ0v) is 10.7. The molecule has 0 bridgehead atoms. The maximum Gasteiger partial charge on any atom is 0.145 e. The molecule has 1 atom stereocenters.